The zero-order valence-electron chi connectivity index (χ0n) is 14.7. The first-order valence-electron chi connectivity index (χ1n) is 8.21. The number of alkyl halides is 3. The van der Waals surface area contributed by atoms with Crippen molar-refractivity contribution in [2.45, 2.75) is 6.18 Å². The van der Waals surface area contributed by atoms with Gasteiger partial charge in [0.1, 0.15) is 11.4 Å². The van der Waals surface area contributed by atoms with Gasteiger partial charge in [-0.25, -0.2) is 4.98 Å². The second kappa shape index (κ2) is 7.99. The molecule has 0 fully saturated rings. The quantitative estimate of drug-likeness (QED) is 0.639. The number of ether oxygens (including phenoxy) is 1. The average Bonchev–Trinajstić information content (AvgIpc) is 2.68. The summed E-state index contributed by atoms with van der Waals surface area (Å²) >= 11 is 0. The number of carbonyl (C=O) groups excluding carboxylic acids is 1. The van der Waals surface area contributed by atoms with E-state index in [2.05, 4.69) is 15.6 Å². The third kappa shape index (κ3) is 4.59. The van der Waals surface area contributed by atoms with Gasteiger partial charge in [0, 0.05) is 11.8 Å². The molecule has 2 N–H and O–H groups in total. The molecule has 0 aliphatic heterocycles. The molecule has 0 spiro atoms. The van der Waals surface area contributed by atoms with E-state index in [9.17, 15) is 18.0 Å². The summed E-state index contributed by atoms with van der Waals surface area (Å²) in [4.78, 5) is 16.3. The fourth-order valence-corrected chi connectivity index (χ4v) is 2.50. The van der Waals surface area contributed by atoms with E-state index in [0.29, 0.717) is 11.4 Å². The number of amides is 1. The molecule has 3 aromatic rings. The van der Waals surface area contributed by atoms with Gasteiger partial charge in [-0.2, -0.15) is 13.2 Å². The molecule has 5 nitrogen and oxygen atoms in total. The third-order valence-electron chi connectivity index (χ3n) is 3.84. The van der Waals surface area contributed by atoms with E-state index in [1.54, 1.807) is 25.3 Å². The van der Waals surface area contributed by atoms with Crippen LogP contribution in [0.15, 0.2) is 66.9 Å². The molecule has 0 bridgehead atoms. The average molecular weight is 387 g/mol. The highest BCUT2D eigenvalue weighted by Crippen LogP contribution is 2.34. The second-order valence-corrected chi connectivity index (χ2v) is 5.79. The van der Waals surface area contributed by atoms with Crippen molar-refractivity contribution in [2.24, 2.45) is 0 Å². The highest BCUT2D eigenvalue weighted by Gasteiger charge is 2.33. The van der Waals surface area contributed by atoms with Crippen LogP contribution in [0.4, 0.5) is 30.2 Å². The van der Waals surface area contributed by atoms with Gasteiger partial charge in [-0.1, -0.05) is 18.2 Å². The number of benzene rings is 2. The number of nitrogens with one attached hydrogen (secondary N) is 2. The number of pyridine rings is 1. The van der Waals surface area contributed by atoms with E-state index in [-0.39, 0.29) is 11.4 Å². The Hall–Kier alpha value is -3.55. The lowest BCUT2D eigenvalue weighted by Gasteiger charge is -2.13. The van der Waals surface area contributed by atoms with Crippen molar-refractivity contribution in [1.29, 1.82) is 0 Å². The number of hydrogen-bond acceptors (Lipinski definition) is 4. The van der Waals surface area contributed by atoms with Gasteiger partial charge in [-0.05, 0) is 36.4 Å². The zero-order chi connectivity index (χ0) is 20.1. The van der Waals surface area contributed by atoms with E-state index in [0.717, 1.165) is 11.8 Å². The molecular weight excluding hydrogens is 371 g/mol. The number of carbonyl (C=O) groups is 1. The lowest BCUT2D eigenvalue weighted by Crippen LogP contribution is -2.17. The molecule has 1 aromatic heterocycles. The molecule has 0 saturated carbocycles. The van der Waals surface area contributed by atoms with Crippen LogP contribution in [0.1, 0.15) is 16.1 Å². The maximum absolute atomic E-state index is 13.0. The molecule has 2 aromatic carbocycles. The van der Waals surface area contributed by atoms with Crippen molar-refractivity contribution in [3.05, 3.63) is 78.1 Å². The molecule has 0 saturated heterocycles. The van der Waals surface area contributed by atoms with Crippen molar-refractivity contribution >= 4 is 23.0 Å². The summed E-state index contributed by atoms with van der Waals surface area (Å²) in [7, 11) is 1.56. The SMILES string of the molecule is COc1cccc(Nc2ccc(C(=O)Nc3ccccc3C(F)(F)F)nc2)c1. The van der Waals surface area contributed by atoms with E-state index in [1.165, 1.54) is 30.5 Å². The predicted molar refractivity (Wildman–Crippen MR) is 99.9 cm³/mol. The van der Waals surface area contributed by atoms with Gasteiger partial charge in [0.25, 0.3) is 5.91 Å². The maximum Gasteiger partial charge on any atom is 0.418 e. The number of anilines is 3. The van der Waals surface area contributed by atoms with Crippen molar-refractivity contribution in [1.82, 2.24) is 4.98 Å². The number of hydrogen-bond donors (Lipinski definition) is 2. The van der Waals surface area contributed by atoms with Crippen LogP contribution in [0.25, 0.3) is 0 Å². The number of halogens is 3. The molecule has 1 amide bonds. The van der Waals surface area contributed by atoms with Crippen LogP contribution in [-0.4, -0.2) is 18.0 Å². The molecule has 8 heteroatoms. The minimum absolute atomic E-state index is 0.00632. The Morgan fingerprint density at radius 1 is 1.00 bits per heavy atom. The van der Waals surface area contributed by atoms with E-state index < -0.39 is 17.6 Å². The zero-order valence-corrected chi connectivity index (χ0v) is 14.7. The molecule has 0 unspecified atom stereocenters. The number of methoxy groups -OCH3 is 1. The molecule has 1 heterocycles. The molecule has 0 radical (unpaired) electrons. The van der Waals surface area contributed by atoms with Crippen molar-refractivity contribution in [3.63, 3.8) is 0 Å². The topological polar surface area (TPSA) is 63.2 Å². The fraction of sp³-hybridized carbons (Fsp3) is 0.100. The smallest absolute Gasteiger partial charge is 0.418 e. The number of rotatable bonds is 5. The monoisotopic (exact) mass is 387 g/mol. The Bertz CT molecular complexity index is 973. The van der Waals surface area contributed by atoms with Gasteiger partial charge in [0.05, 0.1) is 30.2 Å². The molecule has 0 aliphatic rings. The number of para-hydroxylation sites is 1. The minimum Gasteiger partial charge on any atom is -0.497 e. The number of nitrogens with zero attached hydrogens (tertiary/aromatic N) is 1. The first-order valence-corrected chi connectivity index (χ1v) is 8.21. The molecule has 0 aliphatic carbocycles. The highest BCUT2D eigenvalue weighted by molar-refractivity contribution is 6.03. The predicted octanol–water partition coefficient (Wildman–Crippen LogP) is 5.10. The summed E-state index contributed by atoms with van der Waals surface area (Å²) in [5, 5.41) is 5.36. The van der Waals surface area contributed by atoms with Crippen LogP contribution >= 0.6 is 0 Å². The molecule has 28 heavy (non-hydrogen) atoms. The van der Waals surface area contributed by atoms with Crippen LogP contribution in [0.5, 0.6) is 5.75 Å². The van der Waals surface area contributed by atoms with Gasteiger partial charge in [-0.3, -0.25) is 4.79 Å². The van der Waals surface area contributed by atoms with Crippen LogP contribution in [0.2, 0.25) is 0 Å². The Morgan fingerprint density at radius 2 is 1.79 bits per heavy atom. The van der Waals surface area contributed by atoms with Crippen molar-refractivity contribution in [3.8, 4) is 5.75 Å². The Kier molecular flexibility index (Phi) is 5.49. The first kappa shape index (κ1) is 19.2. The van der Waals surface area contributed by atoms with Crippen LogP contribution in [-0.2, 0) is 6.18 Å². The maximum atomic E-state index is 13.0. The van der Waals surface area contributed by atoms with E-state index in [4.69, 9.17) is 4.74 Å². The molecule has 144 valence electrons. The lowest BCUT2D eigenvalue weighted by molar-refractivity contribution is -0.136. The fourth-order valence-electron chi connectivity index (χ4n) is 2.50. The largest absolute Gasteiger partial charge is 0.497 e. The molecule has 3 rings (SSSR count). The van der Waals surface area contributed by atoms with Crippen LogP contribution < -0.4 is 15.4 Å². The standard InChI is InChI=1S/C20H16F3N3O2/c1-28-15-6-4-5-13(11-15)25-14-9-10-18(24-12-14)19(27)26-17-8-3-2-7-16(17)20(21,22)23/h2-12,25H,1H3,(H,26,27). The van der Waals surface area contributed by atoms with Crippen LogP contribution in [0.3, 0.4) is 0 Å². The second-order valence-electron chi connectivity index (χ2n) is 5.79. The minimum atomic E-state index is -4.57. The van der Waals surface area contributed by atoms with Crippen LogP contribution in [0, 0.1) is 0 Å². The van der Waals surface area contributed by atoms with Gasteiger partial charge in [0.15, 0.2) is 0 Å². The van der Waals surface area contributed by atoms with E-state index >= 15 is 0 Å². The van der Waals surface area contributed by atoms with E-state index in [1.807, 2.05) is 12.1 Å². The van der Waals surface area contributed by atoms with Gasteiger partial charge in [0.2, 0.25) is 0 Å². The summed E-state index contributed by atoms with van der Waals surface area (Å²) in [6.07, 6.45) is -3.15. The third-order valence-corrected chi connectivity index (χ3v) is 3.84. The Morgan fingerprint density at radius 3 is 2.46 bits per heavy atom. The van der Waals surface area contributed by atoms with Gasteiger partial charge < -0.3 is 15.4 Å². The van der Waals surface area contributed by atoms with Crippen molar-refractivity contribution < 1.29 is 22.7 Å². The van der Waals surface area contributed by atoms with Gasteiger partial charge in [-0.15, -0.1) is 0 Å². The lowest BCUT2D eigenvalue weighted by atomic mass is 10.1. The molecule has 0 atom stereocenters. The molecular formula is C20H16F3N3O2. The summed E-state index contributed by atoms with van der Waals surface area (Å²) in [6.45, 7) is 0. The summed E-state index contributed by atoms with van der Waals surface area (Å²) < 4.78 is 44.2. The summed E-state index contributed by atoms with van der Waals surface area (Å²) in [6, 6.07) is 15.0. The van der Waals surface area contributed by atoms with Gasteiger partial charge >= 0.3 is 6.18 Å². The Labute approximate surface area is 159 Å². The normalized spacial score (nSPS) is 11.0. The summed E-state index contributed by atoms with van der Waals surface area (Å²) in [5.41, 5.74) is 0.131. The van der Waals surface area contributed by atoms with Crippen molar-refractivity contribution in [2.75, 3.05) is 17.7 Å². The number of aromatic nitrogens is 1. The highest BCUT2D eigenvalue weighted by atomic mass is 19.4. The summed E-state index contributed by atoms with van der Waals surface area (Å²) in [5.74, 6) is -0.0538. The Balaban J connectivity index is 1.72. The first-order chi connectivity index (χ1) is 13.4.